The Morgan fingerprint density at radius 2 is 1.87 bits per heavy atom. The van der Waals surface area contributed by atoms with Gasteiger partial charge in [-0.1, -0.05) is 12.1 Å². The highest BCUT2D eigenvalue weighted by Gasteiger charge is 2.55. The predicted molar refractivity (Wildman–Crippen MR) is 51.2 cm³/mol. The fourth-order valence-corrected chi connectivity index (χ4v) is 2.21. The topological polar surface area (TPSA) is 26.0 Å². The van der Waals surface area contributed by atoms with Crippen LogP contribution in [0.5, 0.6) is 0 Å². The predicted octanol–water partition coefficient (Wildman–Crippen LogP) is 2.72. The fourth-order valence-electron chi connectivity index (χ4n) is 2.21. The quantitative estimate of drug-likeness (QED) is 0.765. The van der Waals surface area contributed by atoms with Gasteiger partial charge in [0.2, 0.25) is 0 Å². The molecule has 0 unspecified atom stereocenters. The summed E-state index contributed by atoms with van der Waals surface area (Å²) in [5, 5.41) is 0. The highest BCUT2D eigenvalue weighted by Crippen LogP contribution is 2.50. The van der Waals surface area contributed by atoms with Crippen LogP contribution in [0.15, 0.2) is 18.2 Å². The smallest absolute Gasteiger partial charge is 0.252 e. The zero-order valence-corrected chi connectivity index (χ0v) is 8.36. The molecule has 2 rings (SSSR count). The van der Waals surface area contributed by atoms with Crippen LogP contribution < -0.4 is 5.73 Å². The van der Waals surface area contributed by atoms with Crippen molar-refractivity contribution < 1.29 is 13.2 Å². The van der Waals surface area contributed by atoms with E-state index in [1.165, 1.54) is 12.1 Å². The summed E-state index contributed by atoms with van der Waals surface area (Å²) in [5.41, 5.74) is 5.63. The van der Waals surface area contributed by atoms with Crippen LogP contribution >= 0.6 is 0 Å². The number of rotatable bonds is 1. The lowest BCUT2D eigenvalue weighted by molar-refractivity contribution is -0.125. The third-order valence-corrected chi connectivity index (χ3v) is 2.95. The van der Waals surface area contributed by atoms with Gasteiger partial charge in [-0.15, -0.1) is 0 Å². The number of alkyl halides is 2. The summed E-state index contributed by atoms with van der Waals surface area (Å²) >= 11 is 0. The summed E-state index contributed by atoms with van der Waals surface area (Å²) in [4.78, 5) is 0. The molecular weight excluding hydrogens is 203 g/mol. The van der Waals surface area contributed by atoms with Gasteiger partial charge < -0.3 is 5.73 Å². The molecule has 0 amide bonds. The Hall–Kier alpha value is -1.03. The largest absolute Gasteiger partial charge is 0.321 e. The number of benzene rings is 1. The van der Waals surface area contributed by atoms with Gasteiger partial charge in [-0.3, -0.25) is 0 Å². The SMILES string of the molecule is Cc1c(F)cccc1C1(N)CC(F)(F)C1. The number of hydrogen-bond donors (Lipinski definition) is 1. The van der Waals surface area contributed by atoms with Gasteiger partial charge >= 0.3 is 0 Å². The first-order valence-electron chi connectivity index (χ1n) is 4.76. The molecule has 1 aromatic carbocycles. The van der Waals surface area contributed by atoms with Crippen molar-refractivity contribution >= 4 is 0 Å². The second kappa shape index (κ2) is 2.98. The minimum Gasteiger partial charge on any atom is -0.321 e. The molecule has 4 heteroatoms. The molecule has 0 heterocycles. The Labute approximate surface area is 86.1 Å². The molecule has 0 aromatic heterocycles. The lowest BCUT2D eigenvalue weighted by atomic mass is 9.68. The van der Waals surface area contributed by atoms with Crippen molar-refractivity contribution in [1.82, 2.24) is 0 Å². The number of nitrogens with two attached hydrogens (primary N) is 1. The van der Waals surface area contributed by atoms with E-state index in [9.17, 15) is 13.2 Å². The Bertz CT molecular complexity index is 393. The van der Waals surface area contributed by atoms with E-state index in [0.717, 1.165) is 0 Å². The zero-order valence-electron chi connectivity index (χ0n) is 8.36. The molecule has 1 aromatic rings. The molecule has 1 saturated carbocycles. The van der Waals surface area contributed by atoms with Gasteiger partial charge in [0.05, 0.1) is 5.54 Å². The van der Waals surface area contributed by atoms with E-state index in [2.05, 4.69) is 0 Å². The summed E-state index contributed by atoms with van der Waals surface area (Å²) in [6, 6.07) is 4.43. The molecule has 0 bridgehead atoms. The molecule has 15 heavy (non-hydrogen) atoms. The Morgan fingerprint density at radius 1 is 1.27 bits per heavy atom. The molecule has 1 nitrogen and oxygen atoms in total. The van der Waals surface area contributed by atoms with Crippen LogP contribution in [0, 0.1) is 12.7 Å². The van der Waals surface area contributed by atoms with Crippen LogP contribution in [0.4, 0.5) is 13.2 Å². The van der Waals surface area contributed by atoms with Gasteiger partial charge in [0.15, 0.2) is 0 Å². The van der Waals surface area contributed by atoms with Crippen molar-refractivity contribution in [3.8, 4) is 0 Å². The normalized spacial score (nSPS) is 22.2. The fraction of sp³-hybridized carbons (Fsp3) is 0.455. The molecule has 0 aliphatic heterocycles. The van der Waals surface area contributed by atoms with E-state index >= 15 is 0 Å². The Balaban J connectivity index is 2.36. The monoisotopic (exact) mass is 215 g/mol. The van der Waals surface area contributed by atoms with E-state index in [-0.39, 0.29) is 0 Å². The first kappa shape index (κ1) is 10.5. The summed E-state index contributed by atoms with van der Waals surface area (Å²) in [6.07, 6.45) is -0.797. The molecule has 0 saturated heterocycles. The Morgan fingerprint density at radius 3 is 2.40 bits per heavy atom. The van der Waals surface area contributed by atoms with Gasteiger partial charge in [-0.05, 0) is 24.1 Å². The average molecular weight is 215 g/mol. The molecule has 1 aliphatic rings. The van der Waals surface area contributed by atoms with Gasteiger partial charge in [0.1, 0.15) is 5.82 Å². The molecule has 0 atom stereocenters. The third kappa shape index (κ3) is 1.63. The van der Waals surface area contributed by atoms with Crippen molar-refractivity contribution in [2.45, 2.75) is 31.2 Å². The van der Waals surface area contributed by atoms with Crippen molar-refractivity contribution in [3.05, 3.63) is 35.1 Å². The molecule has 82 valence electrons. The van der Waals surface area contributed by atoms with Crippen LogP contribution in [0.3, 0.4) is 0 Å². The summed E-state index contributed by atoms with van der Waals surface area (Å²) in [7, 11) is 0. The van der Waals surface area contributed by atoms with Gasteiger partial charge in [0, 0.05) is 12.8 Å². The lowest BCUT2D eigenvalue weighted by Gasteiger charge is -2.45. The Kier molecular flexibility index (Phi) is 2.08. The standard InChI is InChI=1S/C11H12F3N/c1-7-8(3-2-4-9(7)12)10(15)5-11(13,14)6-10/h2-4H,5-6,15H2,1H3. The summed E-state index contributed by atoms with van der Waals surface area (Å²) < 4.78 is 38.8. The molecule has 0 spiro atoms. The van der Waals surface area contributed by atoms with E-state index in [0.29, 0.717) is 11.1 Å². The maximum Gasteiger partial charge on any atom is 0.252 e. The highest BCUT2D eigenvalue weighted by atomic mass is 19.3. The second-order valence-electron chi connectivity index (χ2n) is 4.28. The average Bonchev–Trinajstić information content (AvgIpc) is 2.05. The first-order valence-corrected chi connectivity index (χ1v) is 4.76. The first-order chi connectivity index (χ1) is 6.84. The molecule has 0 radical (unpaired) electrons. The zero-order chi connectivity index (χ0) is 11.3. The van der Waals surface area contributed by atoms with Crippen LogP contribution in [-0.4, -0.2) is 5.92 Å². The maximum atomic E-state index is 13.2. The van der Waals surface area contributed by atoms with Crippen LogP contribution in [-0.2, 0) is 5.54 Å². The van der Waals surface area contributed by atoms with Crippen LogP contribution in [0.2, 0.25) is 0 Å². The molecular formula is C11H12F3N. The summed E-state index contributed by atoms with van der Waals surface area (Å²) in [5.74, 6) is -3.10. The van der Waals surface area contributed by atoms with Crippen molar-refractivity contribution in [2.75, 3.05) is 0 Å². The highest BCUT2D eigenvalue weighted by molar-refractivity contribution is 5.36. The van der Waals surface area contributed by atoms with Crippen LogP contribution in [0.25, 0.3) is 0 Å². The van der Waals surface area contributed by atoms with Gasteiger partial charge in [0.25, 0.3) is 5.92 Å². The summed E-state index contributed by atoms with van der Waals surface area (Å²) in [6.45, 7) is 1.57. The van der Waals surface area contributed by atoms with Crippen molar-refractivity contribution in [1.29, 1.82) is 0 Å². The van der Waals surface area contributed by atoms with Crippen molar-refractivity contribution in [2.24, 2.45) is 5.73 Å². The minimum absolute atomic E-state index is 0.371. The second-order valence-corrected chi connectivity index (χ2v) is 4.28. The third-order valence-electron chi connectivity index (χ3n) is 2.95. The van der Waals surface area contributed by atoms with Crippen LogP contribution in [0.1, 0.15) is 24.0 Å². The lowest BCUT2D eigenvalue weighted by Crippen LogP contribution is -2.55. The molecule has 1 aliphatic carbocycles. The maximum absolute atomic E-state index is 13.2. The van der Waals surface area contributed by atoms with E-state index in [1.807, 2.05) is 0 Å². The minimum atomic E-state index is -2.70. The van der Waals surface area contributed by atoms with Gasteiger partial charge in [-0.25, -0.2) is 13.2 Å². The van der Waals surface area contributed by atoms with Gasteiger partial charge in [-0.2, -0.15) is 0 Å². The van der Waals surface area contributed by atoms with Crippen molar-refractivity contribution in [3.63, 3.8) is 0 Å². The van der Waals surface area contributed by atoms with E-state index in [4.69, 9.17) is 5.73 Å². The number of halogens is 3. The molecule has 1 fully saturated rings. The van der Waals surface area contributed by atoms with E-state index < -0.39 is 30.1 Å². The number of hydrogen-bond acceptors (Lipinski definition) is 1. The van der Waals surface area contributed by atoms with E-state index in [1.54, 1.807) is 13.0 Å². The molecule has 2 N–H and O–H groups in total.